The second-order valence-corrected chi connectivity index (χ2v) is 17.4. The number of rotatable bonds is 8. The standard InChI is InChI=1S/C39H69N3O13.Ac/c1-15-26-39(10)31(42(40)36(47)55-39)21(4)28(43)19(2)17-38(9,49-14)33(54-35-29(44)25(41(11)12)16-20(3)50-35)22(5)30(23(6)34(46)52-26)53-27-18-37(8,48-13)32(45)24(7)51-27;/h19-27,29-33,35,44-45H,15-18,40H2,1-14H3;/t19?,20?,21?,22?,23?,24?,25?,26-,27?,29?,30?,31?,32?,33?,35?,37?,38?,39?;/m1./s1. The number of hydrazine groups is 1. The van der Waals surface area contributed by atoms with Crippen LogP contribution >= 0.6 is 0 Å². The molecule has 321 valence electrons. The smallest absolute Gasteiger partial charge is 0.425 e. The van der Waals surface area contributed by atoms with Crippen LogP contribution in [0.2, 0.25) is 0 Å². The minimum Gasteiger partial charge on any atom is -0.458 e. The quantitative estimate of drug-likeness (QED) is 0.182. The van der Waals surface area contributed by atoms with Crippen molar-refractivity contribution in [3.63, 3.8) is 0 Å². The number of hydrogen-bond acceptors (Lipinski definition) is 15. The van der Waals surface area contributed by atoms with Gasteiger partial charge in [0.05, 0.1) is 41.5 Å². The van der Waals surface area contributed by atoms with Gasteiger partial charge in [-0.05, 0) is 74.9 Å². The summed E-state index contributed by atoms with van der Waals surface area (Å²) in [5, 5.41) is 23.6. The van der Waals surface area contributed by atoms with Crippen LogP contribution in [0.4, 0.5) is 4.79 Å². The first kappa shape index (κ1) is 49.8. The van der Waals surface area contributed by atoms with Crippen molar-refractivity contribution in [3.05, 3.63) is 0 Å². The van der Waals surface area contributed by atoms with Crippen molar-refractivity contribution < 1.29 is 107 Å². The van der Waals surface area contributed by atoms with Crippen LogP contribution in [-0.4, -0.2) is 150 Å². The van der Waals surface area contributed by atoms with Crippen molar-refractivity contribution in [2.75, 3.05) is 28.3 Å². The fourth-order valence-electron chi connectivity index (χ4n) is 9.56. The molecule has 4 heterocycles. The number of esters is 1. The number of likely N-dealkylation sites (N-methyl/N-ethyl adjacent to an activating group) is 1. The third kappa shape index (κ3) is 9.81. The number of carbonyl (C=O) groups excluding carboxylic acids is 3. The van der Waals surface area contributed by atoms with Gasteiger partial charge in [-0.1, -0.05) is 27.7 Å². The number of Topliss-reactive ketones (excluding diaryl/α,β-unsaturated/α-hetero) is 1. The minimum absolute atomic E-state index is 0. The first-order chi connectivity index (χ1) is 25.5. The van der Waals surface area contributed by atoms with Crippen molar-refractivity contribution in [2.24, 2.45) is 29.5 Å². The molecule has 0 spiro atoms. The van der Waals surface area contributed by atoms with Crippen LogP contribution in [0.25, 0.3) is 0 Å². The number of carbonyl (C=O) groups is 3. The van der Waals surface area contributed by atoms with Crippen molar-refractivity contribution in [2.45, 2.75) is 179 Å². The molecule has 56 heavy (non-hydrogen) atoms. The second-order valence-electron chi connectivity index (χ2n) is 17.4. The average molecular weight is 1010 g/mol. The van der Waals surface area contributed by atoms with E-state index in [2.05, 4.69) is 0 Å². The van der Waals surface area contributed by atoms with Gasteiger partial charge in [-0.3, -0.25) is 9.59 Å². The second kappa shape index (κ2) is 19.4. The van der Waals surface area contributed by atoms with E-state index in [0.29, 0.717) is 6.42 Å². The van der Waals surface area contributed by atoms with E-state index in [4.69, 9.17) is 43.7 Å². The number of cyclic esters (lactones) is 1. The Balaban J connectivity index is 0.00000841. The topological polar surface area (TPSA) is 198 Å². The van der Waals surface area contributed by atoms with E-state index in [-0.39, 0.29) is 81.3 Å². The molecule has 1 radical (unpaired) electrons. The monoisotopic (exact) mass is 1010 g/mol. The van der Waals surface area contributed by atoms with Crippen molar-refractivity contribution in [1.29, 1.82) is 0 Å². The third-order valence-corrected chi connectivity index (χ3v) is 13.1. The van der Waals surface area contributed by atoms with Crippen molar-refractivity contribution >= 4 is 17.8 Å². The van der Waals surface area contributed by atoms with E-state index < -0.39 is 108 Å². The number of aliphatic hydroxyl groups is 2. The summed E-state index contributed by atoms with van der Waals surface area (Å²) in [6.07, 6.45) is -7.74. The molecule has 16 nitrogen and oxygen atoms in total. The summed E-state index contributed by atoms with van der Waals surface area (Å²) in [7, 11) is 6.80. The van der Waals surface area contributed by atoms with Crippen molar-refractivity contribution in [1.82, 2.24) is 9.91 Å². The molecule has 0 bridgehead atoms. The molecule has 4 N–H and O–H groups in total. The van der Waals surface area contributed by atoms with Crippen LogP contribution in [0.15, 0.2) is 0 Å². The predicted molar refractivity (Wildman–Crippen MR) is 199 cm³/mol. The number of nitrogens with two attached hydrogens (primary N) is 1. The third-order valence-electron chi connectivity index (χ3n) is 13.1. The molecular weight excluding hydrogens is 945 g/mol. The molecule has 0 aromatic carbocycles. The van der Waals surface area contributed by atoms with Gasteiger partial charge in [-0.2, -0.15) is 0 Å². The molecular formula is C39H69AcN3O13. The number of nitrogens with zero attached hydrogens (tertiary/aromatic N) is 2. The van der Waals surface area contributed by atoms with Gasteiger partial charge in [-0.25, -0.2) is 15.6 Å². The fraction of sp³-hybridized carbons (Fsp3) is 0.923. The van der Waals surface area contributed by atoms with Gasteiger partial charge in [-0.15, -0.1) is 0 Å². The zero-order chi connectivity index (χ0) is 41.5. The zero-order valence-electron chi connectivity index (χ0n) is 35.9. The number of aliphatic hydroxyl groups excluding tert-OH is 2. The molecule has 0 aromatic heterocycles. The van der Waals surface area contributed by atoms with E-state index in [1.807, 2.05) is 39.8 Å². The number of ether oxygens (including phenoxy) is 8. The SMILES string of the molecule is CC[C@H]1OC(=O)C(C)C(OC2CC(C)(OC)C(O)C(C)O2)C(C)C(OC2OC(C)CC(N(C)C)C2O)C(C)(OC)CC(C)C(=O)C(C)C2N(N)C(=O)OC21C.[Ac]. The molecule has 17 heteroatoms. The van der Waals surface area contributed by atoms with Gasteiger partial charge in [0.25, 0.3) is 0 Å². The number of amides is 1. The van der Waals surface area contributed by atoms with Crippen LogP contribution in [-0.2, 0) is 47.5 Å². The number of hydrogen-bond donors (Lipinski definition) is 3. The van der Waals surface area contributed by atoms with Crippen LogP contribution < -0.4 is 5.84 Å². The molecule has 4 aliphatic rings. The maximum atomic E-state index is 14.5. The Morgan fingerprint density at radius 1 is 0.911 bits per heavy atom. The Hall–Kier alpha value is -0.548. The average Bonchev–Trinajstić information content (AvgIpc) is 3.36. The Bertz CT molecular complexity index is 1360. The first-order valence-corrected chi connectivity index (χ1v) is 19.8. The Kier molecular flexibility index (Phi) is 17.3. The molecule has 4 saturated heterocycles. The number of ketones is 1. The van der Waals surface area contributed by atoms with Crippen LogP contribution in [0.1, 0.15) is 94.9 Å². The van der Waals surface area contributed by atoms with E-state index in [1.165, 1.54) is 14.2 Å². The van der Waals surface area contributed by atoms with Gasteiger partial charge in [0.15, 0.2) is 18.2 Å². The summed E-state index contributed by atoms with van der Waals surface area (Å²) in [5.41, 5.74) is -3.76. The van der Waals surface area contributed by atoms with Crippen LogP contribution in [0, 0.1) is 67.7 Å². The summed E-state index contributed by atoms with van der Waals surface area (Å²) in [5.74, 6) is 2.24. The Labute approximate surface area is 368 Å². The minimum atomic E-state index is -1.47. The molecule has 4 fully saturated rings. The maximum Gasteiger partial charge on any atom is 0.425 e. The van der Waals surface area contributed by atoms with Crippen LogP contribution in [0.5, 0.6) is 0 Å². The normalized spacial score (nSPS) is 47.1. The summed E-state index contributed by atoms with van der Waals surface area (Å²) < 4.78 is 50.3. The molecule has 0 aliphatic carbocycles. The van der Waals surface area contributed by atoms with Gasteiger partial charge < -0.3 is 53.0 Å². The Morgan fingerprint density at radius 2 is 1.52 bits per heavy atom. The fourth-order valence-corrected chi connectivity index (χ4v) is 9.56. The molecule has 17 unspecified atom stereocenters. The molecule has 0 aromatic rings. The van der Waals surface area contributed by atoms with Crippen LogP contribution in [0.3, 0.4) is 0 Å². The Morgan fingerprint density at radius 3 is 2.07 bits per heavy atom. The van der Waals surface area contributed by atoms with Gasteiger partial charge in [0, 0.05) is 88.5 Å². The van der Waals surface area contributed by atoms with E-state index in [0.717, 1.165) is 5.01 Å². The zero-order valence-corrected chi connectivity index (χ0v) is 40.7. The van der Waals surface area contributed by atoms with Gasteiger partial charge in [0.2, 0.25) is 0 Å². The summed E-state index contributed by atoms with van der Waals surface area (Å²) in [6, 6.07) is -1.26. The number of methoxy groups -OCH3 is 2. The predicted octanol–water partition coefficient (Wildman–Crippen LogP) is 2.78. The maximum absolute atomic E-state index is 14.5. The van der Waals surface area contributed by atoms with E-state index >= 15 is 0 Å². The molecule has 18 atom stereocenters. The summed E-state index contributed by atoms with van der Waals surface area (Å²) in [6.45, 7) is 17.7. The van der Waals surface area contributed by atoms with E-state index in [9.17, 15) is 24.6 Å². The molecule has 0 saturated carbocycles. The van der Waals surface area contributed by atoms with Gasteiger partial charge >= 0.3 is 12.1 Å². The summed E-state index contributed by atoms with van der Waals surface area (Å²) in [4.78, 5) is 43.9. The molecule has 4 rings (SSSR count). The molecule has 1 amide bonds. The molecule has 4 aliphatic heterocycles. The summed E-state index contributed by atoms with van der Waals surface area (Å²) >= 11 is 0. The van der Waals surface area contributed by atoms with Gasteiger partial charge in [0.1, 0.15) is 30.1 Å². The largest absolute Gasteiger partial charge is 0.458 e. The first-order valence-electron chi connectivity index (χ1n) is 19.8. The van der Waals surface area contributed by atoms with E-state index in [1.54, 1.807) is 48.5 Å². The number of fused-ring (bicyclic) bond motifs is 1. The van der Waals surface area contributed by atoms with Crippen molar-refractivity contribution in [3.8, 4) is 0 Å².